The molecule has 4 aromatic carbocycles. The standard InChI is InChI=1S/C29H26N8O/c30-29(31)33-20-9-11-23-25(15-20)37-27(35-23)16-26-34-22-10-8-19(14-24(22)36-26)28(38)32-13-12-18-6-3-5-17-4-1-2-7-21(17)18/h1-11,14-15H,12-13,16H2,(H,32,38)(H,34,36)(H,35,37)(H4,30,31,33). The minimum atomic E-state index is -0.125. The number of anilines is 1. The lowest BCUT2D eigenvalue weighted by Crippen LogP contribution is -2.25. The third-order valence-corrected chi connectivity index (χ3v) is 6.50. The van der Waals surface area contributed by atoms with E-state index in [1.54, 1.807) is 6.07 Å². The van der Waals surface area contributed by atoms with E-state index < -0.39 is 0 Å². The number of imidazole rings is 2. The fourth-order valence-corrected chi connectivity index (χ4v) is 4.74. The number of aromatic amines is 2. The number of aromatic nitrogens is 4. The lowest BCUT2D eigenvalue weighted by molar-refractivity contribution is 0.0954. The van der Waals surface area contributed by atoms with Gasteiger partial charge >= 0.3 is 0 Å². The highest BCUT2D eigenvalue weighted by molar-refractivity contribution is 5.97. The molecule has 0 radical (unpaired) electrons. The number of guanidine groups is 1. The lowest BCUT2D eigenvalue weighted by atomic mass is 10.0. The molecule has 0 aliphatic carbocycles. The Morgan fingerprint density at radius 3 is 2.37 bits per heavy atom. The van der Waals surface area contributed by atoms with Gasteiger partial charge in [-0.3, -0.25) is 10.2 Å². The molecule has 38 heavy (non-hydrogen) atoms. The predicted molar refractivity (Wildman–Crippen MR) is 151 cm³/mol. The van der Waals surface area contributed by atoms with Gasteiger partial charge in [0, 0.05) is 17.8 Å². The van der Waals surface area contributed by atoms with Gasteiger partial charge < -0.3 is 26.3 Å². The third kappa shape index (κ3) is 4.77. The predicted octanol–water partition coefficient (Wildman–Crippen LogP) is 4.46. The number of benzene rings is 4. The number of hydrogen-bond acceptors (Lipinski definition) is 4. The highest BCUT2D eigenvalue weighted by atomic mass is 16.1. The molecule has 0 atom stereocenters. The average Bonchev–Trinajstić information content (AvgIpc) is 3.50. The van der Waals surface area contributed by atoms with Gasteiger partial charge in [-0.05, 0) is 59.2 Å². The SMILES string of the molecule is N=C(N)Nc1ccc2[nH]c(Cc3nc4cc(C(=O)NCCc5cccc6ccccc56)ccc4[nH]3)nc2c1. The summed E-state index contributed by atoms with van der Waals surface area (Å²) in [6, 6.07) is 25.6. The van der Waals surface area contributed by atoms with E-state index in [4.69, 9.17) is 11.1 Å². The van der Waals surface area contributed by atoms with Crippen molar-refractivity contribution in [1.29, 1.82) is 5.41 Å². The number of nitrogens with two attached hydrogens (primary N) is 1. The molecular formula is C29H26N8O. The van der Waals surface area contributed by atoms with Gasteiger partial charge in [-0.15, -0.1) is 0 Å². The number of H-pyrrole nitrogens is 2. The van der Waals surface area contributed by atoms with Gasteiger partial charge in [-0.1, -0.05) is 42.5 Å². The topological polar surface area (TPSA) is 148 Å². The fourth-order valence-electron chi connectivity index (χ4n) is 4.74. The van der Waals surface area contributed by atoms with Gasteiger partial charge in [0.25, 0.3) is 5.91 Å². The van der Waals surface area contributed by atoms with Crippen LogP contribution in [-0.4, -0.2) is 38.3 Å². The summed E-state index contributed by atoms with van der Waals surface area (Å²) in [5, 5.41) is 15.6. The quantitative estimate of drug-likeness (QED) is 0.141. The molecular weight excluding hydrogens is 476 g/mol. The van der Waals surface area contributed by atoms with Gasteiger partial charge in [-0.25, -0.2) is 9.97 Å². The maximum Gasteiger partial charge on any atom is 0.251 e. The smallest absolute Gasteiger partial charge is 0.251 e. The van der Waals surface area contributed by atoms with Gasteiger partial charge in [0.05, 0.1) is 28.5 Å². The van der Waals surface area contributed by atoms with Crippen LogP contribution >= 0.6 is 0 Å². The summed E-state index contributed by atoms with van der Waals surface area (Å²) in [5.41, 5.74) is 11.1. The summed E-state index contributed by atoms with van der Waals surface area (Å²) < 4.78 is 0. The van der Waals surface area contributed by atoms with Crippen LogP contribution in [0.3, 0.4) is 0 Å². The second kappa shape index (κ2) is 9.70. The molecule has 9 heteroatoms. The zero-order valence-electron chi connectivity index (χ0n) is 20.5. The van der Waals surface area contributed by atoms with E-state index in [1.165, 1.54) is 16.3 Å². The van der Waals surface area contributed by atoms with Crippen LogP contribution in [0.4, 0.5) is 5.69 Å². The van der Waals surface area contributed by atoms with Crippen LogP contribution in [0.15, 0.2) is 78.9 Å². The van der Waals surface area contributed by atoms with E-state index >= 15 is 0 Å². The molecule has 6 aromatic rings. The van der Waals surface area contributed by atoms with Gasteiger partial charge in [0.1, 0.15) is 11.6 Å². The van der Waals surface area contributed by atoms with Crippen molar-refractivity contribution in [2.24, 2.45) is 5.73 Å². The second-order valence-corrected chi connectivity index (χ2v) is 9.19. The maximum absolute atomic E-state index is 12.8. The molecule has 2 heterocycles. The molecule has 0 saturated carbocycles. The highest BCUT2D eigenvalue weighted by Crippen LogP contribution is 2.21. The first kappa shape index (κ1) is 23.2. The molecule has 0 unspecified atom stereocenters. The van der Waals surface area contributed by atoms with E-state index in [0.717, 1.165) is 40.1 Å². The second-order valence-electron chi connectivity index (χ2n) is 9.19. The van der Waals surface area contributed by atoms with Crippen LogP contribution in [0.2, 0.25) is 0 Å². The molecule has 0 aliphatic heterocycles. The summed E-state index contributed by atoms with van der Waals surface area (Å²) in [6.45, 7) is 0.548. The first-order valence-corrected chi connectivity index (χ1v) is 12.3. The van der Waals surface area contributed by atoms with Gasteiger partial charge in [-0.2, -0.15) is 0 Å². The monoisotopic (exact) mass is 502 g/mol. The Kier molecular flexibility index (Phi) is 5.93. The van der Waals surface area contributed by atoms with Crippen molar-refractivity contribution < 1.29 is 4.79 Å². The van der Waals surface area contributed by atoms with Crippen LogP contribution in [0.25, 0.3) is 32.8 Å². The Labute approximate surface area is 218 Å². The third-order valence-electron chi connectivity index (χ3n) is 6.50. The summed E-state index contributed by atoms with van der Waals surface area (Å²) in [6.07, 6.45) is 1.23. The van der Waals surface area contributed by atoms with E-state index in [9.17, 15) is 4.79 Å². The molecule has 0 aliphatic rings. The zero-order chi connectivity index (χ0) is 26.1. The normalized spacial score (nSPS) is 11.3. The van der Waals surface area contributed by atoms with E-state index in [0.29, 0.717) is 24.2 Å². The Morgan fingerprint density at radius 1 is 0.868 bits per heavy atom. The summed E-state index contributed by atoms with van der Waals surface area (Å²) >= 11 is 0. The maximum atomic E-state index is 12.8. The molecule has 6 rings (SSSR count). The molecule has 7 N–H and O–H groups in total. The van der Waals surface area contributed by atoms with Gasteiger partial charge in [0.2, 0.25) is 0 Å². The largest absolute Gasteiger partial charge is 0.370 e. The average molecular weight is 503 g/mol. The Bertz CT molecular complexity index is 1810. The van der Waals surface area contributed by atoms with Crippen molar-refractivity contribution in [1.82, 2.24) is 25.3 Å². The number of nitrogens with zero attached hydrogens (tertiary/aromatic N) is 2. The number of carbonyl (C=O) groups is 1. The number of fused-ring (bicyclic) bond motifs is 3. The van der Waals surface area contributed by atoms with E-state index in [2.05, 4.69) is 60.9 Å². The van der Waals surface area contributed by atoms with Crippen molar-refractivity contribution in [3.05, 3.63) is 102 Å². The first-order chi connectivity index (χ1) is 18.5. The molecule has 0 fully saturated rings. The summed E-state index contributed by atoms with van der Waals surface area (Å²) in [5.74, 6) is 1.25. The first-order valence-electron chi connectivity index (χ1n) is 12.3. The summed E-state index contributed by atoms with van der Waals surface area (Å²) in [4.78, 5) is 28.8. The van der Waals surface area contributed by atoms with Gasteiger partial charge in [0.15, 0.2) is 5.96 Å². The summed E-state index contributed by atoms with van der Waals surface area (Å²) in [7, 11) is 0. The molecule has 2 aromatic heterocycles. The van der Waals surface area contributed by atoms with Crippen LogP contribution in [-0.2, 0) is 12.8 Å². The Hall–Kier alpha value is -5.18. The molecule has 0 saturated heterocycles. The molecule has 1 amide bonds. The van der Waals surface area contributed by atoms with Crippen LogP contribution in [0.1, 0.15) is 27.6 Å². The number of nitrogens with one attached hydrogen (secondary N) is 5. The van der Waals surface area contributed by atoms with Crippen LogP contribution in [0.5, 0.6) is 0 Å². The van der Waals surface area contributed by atoms with E-state index in [-0.39, 0.29) is 11.9 Å². The van der Waals surface area contributed by atoms with Crippen molar-refractivity contribution in [2.75, 3.05) is 11.9 Å². The van der Waals surface area contributed by atoms with Crippen LogP contribution < -0.4 is 16.4 Å². The number of carbonyl (C=O) groups excluding carboxylic acids is 1. The minimum absolute atomic E-state index is 0.121. The van der Waals surface area contributed by atoms with Crippen molar-refractivity contribution in [3.8, 4) is 0 Å². The number of amides is 1. The fraction of sp³-hybridized carbons (Fsp3) is 0.103. The zero-order valence-corrected chi connectivity index (χ0v) is 20.5. The van der Waals surface area contributed by atoms with Crippen molar-refractivity contribution >= 4 is 50.4 Å². The highest BCUT2D eigenvalue weighted by Gasteiger charge is 2.12. The Morgan fingerprint density at radius 2 is 1.58 bits per heavy atom. The van der Waals surface area contributed by atoms with Crippen LogP contribution in [0, 0.1) is 5.41 Å². The van der Waals surface area contributed by atoms with E-state index in [1.807, 2.05) is 42.5 Å². The molecule has 188 valence electrons. The molecule has 0 bridgehead atoms. The number of hydrogen-bond donors (Lipinski definition) is 6. The lowest BCUT2D eigenvalue weighted by Gasteiger charge is -2.08. The Balaban J connectivity index is 1.13. The number of rotatable bonds is 7. The minimum Gasteiger partial charge on any atom is -0.370 e. The molecule has 0 spiro atoms. The van der Waals surface area contributed by atoms with Crippen molar-refractivity contribution in [3.63, 3.8) is 0 Å². The molecule has 9 nitrogen and oxygen atoms in total. The van der Waals surface area contributed by atoms with Crippen molar-refractivity contribution in [2.45, 2.75) is 12.8 Å².